The van der Waals surface area contributed by atoms with Gasteiger partial charge < -0.3 is 5.32 Å². The Morgan fingerprint density at radius 3 is 2.78 bits per heavy atom. The van der Waals surface area contributed by atoms with Crippen LogP contribution in [0.15, 0.2) is 24.7 Å². The monoisotopic (exact) mass is 244 g/mol. The molecule has 0 aromatic carbocycles. The highest BCUT2D eigenvalue weighted by molar-refractivity contribution is 5.33. The first-order valence-electron chi connectivity index (χ1n) is 6.27. The van der Waals surface area contributed by atoms with E-state index in [1.807, 2.05) is 31.2 Å². The van der Waals surface area contributed by atoms with E-state index in [-0.39, 0.29) is 6.04 Å². The molecule has 2 heterocycles. The van der Waals surface area contributed by atoms with E-state index in [2.05, 4.69) is 41.5 Å². The van der Waals surface area contributed by atoms with Gasteiger partial charge in [-0.05, 0) is 31.5 Å². The first-order valence-corrected chi connectivity index (χ1v) is 6.27. The molecule has 2 rings (SSSR count). The second kappa shape index (κ2) is 5.31. The summed E-state index contributed by atoms with van der Waals surface area (Å²) in [5, 5.41) is 7.86. The molecule has 2 aromatic heterocycles. The number of aryl methyl sites for hydroxylation is 3. The molecule has 2 aromatic rings. The van der Waals surface area contributed by atoms with Gasteiger partial charge in [-0.2, -0.15) is 5.10 Å². The van der Waals surface area contributed by atoms with Crippen molar-refractivity contribution in [1.82, 2.24) is 20.1 Å². The van der Waals surface area contributed by atoms with Crippen molar-refractivity contribution in [3.63, 3.8) is 0 Å². The topological polar surface area (TPSA) is 42.7 Å². The van der Waals surface area contributed by atoms with Crippen LogP contribution in [0.5, 0.6) is 0 Å². The van der Waals surface area contributed by atoms with Gasteiger partial charge in [0.15, 0.2) is 0 Å². The second-order valence-electron chi connectivity index (χ2n) is 4.58. The highest BCUT2D eigenvalue weighted by Gasteiger charge is 2.18. The predicted molar refractivity (Wildman–Crippen MR) is 72.5 cm³/mol. The molecular formula is C14H20N4. The fourth-order valence-electron chi connectivity index (χ4n) is 2.31. The third-order valence-electron chi connectivity index (χ3n) is 3.10. The SMILES string of the molecule is CCc1nn(C)cc1C(NC)c1cncc(C)c1. The van der Waals surface area contributed by atoms with Gasteiger partial charge in [0.25, 0.3) is 0 Å². The van der Waals surface area contributed by atoms with Gasteiger partial charge in [-0.15, -0.1) is 0 Å². The van der Waals surface area contributed by atoms with Crippen LogP contribution in [-0.2, 0) is 13.5 Å². The molecule has 0 saturated carbocycles. The number of nitrogens with zero attached hydrogens (tertiary/aromatic N) is 3. The van der Waals surface area contributed by atoms with Gasteiger partial charge >= 0.3 is 0 Å². The summed E-state index contributed by atoms with van der Waals surface area (Å²) in [6.07, 6.45) is 6.82. The summed E-state index contributed by atoms with van der Waals surface area (Å²) < 4.78 is 1.88. The molecule has 0 aliphatic carbocycles. The van der Waals surface area contributed by atoms with Crippen molar-refractivity contribution >= 4 is 0 Å². The molecule has 0 saturated heterocycles. The molecule has 1 N–H and O–H groups in total. The van der Waals surface area contributed by atoms with Gasteiger partial charge in [0.05, 0.1) is 11.7 Å². The van der Waals surface area contributed by atoms with Crippen LogP contribution in [0.4, 0.5) is 0 Å². The van der Waals surface area contributed by atoms with E-state index in [1.54, 1.807) is 0 Å². The molecule has 0 aliphatic rings. The Bertz CT molecular complexity index is 530. The summed E-state index contributed by atoms with van der Waals surface area (Å²) in [6.45, 7) is 4.19. The Hall–Kier alpha value is -1.68. The minimum absolute atomic E-state index is 0.154. The summed E-state index contributed by atoms with van der Waals surface area (Å²) in [7, 11) is 3.93. The molecular weight excluding hydrogens is 224 g/mol. The van der Waals surface area contributed by atoms with Crippen LogP contribution < -0.4 is 5.32 Å². The van der Waals surface area contributed by atoms with Crippen molar-refractivity contribution in [3.8, 4) is 0 Å². The molecule has 18 heavy (non-hydrogen) atoms. The van der Waals surface area contributed by atoms with Gasteiger partial charge in [0.2, 0.25) is 0 Å². The van der Waals surface area contributed by atoms with E-state index in [0.29, 0.717) is 0 Å². The van der Waals surface area contributed by atoms with Crippen molar-refractivity contribution in [2.45, 2.75) is 26.3 Å². The standard InChI is InChI=1S/C14H20N4/c1-5-13-12(9-18(4)17-13)14(15-3)11-6-10(2)7-16-8-11/h6-9,14-15H,5H2,1-4H3. The number of hydrogen-bond acceptors (Lipinski definition) is 3. The molecule has 0 spiro atoms. The number of pyridine rings is 1. The quantitative estimate of drug-likeness (QED) is 0.894. The molecule has 0 radical (unpaired) electrons. The van der Waals surface area contributed by atoms with E-state index in [4.69, 9.17) is 0 Å². The van der Waals surface area contributed by atoms with Crippen molar-refractivity contribution in [3.05, 3.63) is 47.0 Å². The van der Waals surface area contributed by atoms with Gasteiger partial charge in [-0.3, -0.25) is 9.67 Å². The second-order valence-corrected chi connectivity index (χ2v) is 4.58. The number of aromatic nitrogens is 3. The zero-order chi connectivity index (χ0) is 13.1. The molecule has 4 nitrogen and oxygen atoms in total. The average Bonchev–Trinajstić information content (AvgIpc) is 2.71. The molecule has 0 aliphatic heterocycles. The lowest BCUT2D eigenvalue weighted by Crippen LogP contribution is -2.18. The number of hydrogen-bond donors (Lipinski definition) is 1. The minimum atomic E-state index is 0.154. The Labute approximate surface area is 108 Å². The highest BCUT2D eigenvalue weighted by atomic mass is 15.3. The van der Waals surface area contributed by atoms with Crippen LogP contribution in [0.3, 0.4) is 0 Å². The molecule has 0 amide bonds. The Morgan fingerprint density at radius 2 is 2.17 bits per heavy atom. The van der Waals surface area contributed by atoms with Gasteiger partial charge in [-0.1, -0.05) is 13.0 Å². The lowest BCUT2D eigenvalue weighted by molar-refractivity contribution is 0.680. The largest absolute Gasteiger partial charge is 0.309 e. The molecule has 4 heteroatoms. The van der Waals surface area contributed by atoms with Gasteiger partial charge in [-0.25, -0.2) is 0 Å². The fourth-order valence-corrected chi connectivity index (χ4v) is 2.31. The number of nitrogens with one attached hydrogen (secondary N) is 1. The fraction of sp³-hybridized carbons (Fsp3) is 0.429. The first-order chi connectivity index (χ1) is 8.65. The van der Waals surface area contributed by atoms with E-state index < -0.39 is 0 Å². The van der Waals surface area contributed by atoms with Crippen LogP contribution in [0.25, 0.3) is 0 Å². The summed E-state index contributed by atoms with van der Waals surface area (Å²) in [4.78, 5) is 4.27. The van der Waals surface area contributed by atoms with E-state index in [9.17, 15) is 0 Å². The van der Waals surface area contributed by atoms with Crippen LogP contribution >= 0.6 is 0 Å². The van der Waals surface area contributed by atoms with Gasteiger partial charge in [0, 0.05) is 31.2 Å². The average molecular weight is 244 g/mol. The Kier molecular flexibility index (Phi) is 3.77. The third kappa shape index (κ3) is 2.43. The van der Waals surface area contributed by atoms with Crippen molar-refractivity contribution in [2.24, 2.45) is 7.05 Å². The van der Waals surface area contributed by atoms with Crippen LogP contribution in [-0.4, -0.2) is 21.8 Å². The predicted octanol–water partition coefficient (Wildman–Crippen LogP) is 1.99. The Balaban J connectivity index is 2.44. The Morgan fingerprint density at radius 1 is 1.39 bits per heavy atom. The zero-order valence-electron chi connectivity index (χ0n) is 11.4. The minimum Gasteiger partial charge on any atom is -0.309 e. The third-order valence-corrected chi connectivity index (χ3v) is 3.10. The molecule has 96 valence electrons. The summed E-state index contributed by atoms with van der Waals surface area (Å²) >= 11 is 0. The van der Waals surface area contributed by atoms with Gasteiger partial charge in [0.1, 0.15) is 0 Å². The van der Waals surface area contributed by atoms with Crippen molar-refractivity contribution in [2.75, 3.05) is 7.05 Å². The van der Waals surface area contributed by atoms with Crippen LogP contribution in [0.1, 0.15) is 35.3 Å². The van der Waals surface area contributed by atoms with E-state index in [0.717, 1.165) is 12.1 Å². The van der Waals surface area contributed by atoms with Crippen molar-refractivity contribution in [1.29, 1.82) is 0 Å². The smallest absolute Gasteiger partial charge is 0.0673 e. The normalized spacial score (nSPS) is 12.7. The maximum atomic E-state index is 4.50. The summed E-state index contributed by atoms with van der Waals surface area (Å²) in [6, 6.07) is 2.32. The van der Waals surface area contributed by atoms with Crippen molar-refractivity contribution < 1.29 is 0 Å². The lowest BCUT2D eigenvalue weighted by atomic mass is 9.99. The summed E-state index contributed by atoms with van der Waals surface area (Å²) in [5.41, 5.74) is 4.73. The van der Waals surface area contributed by atoms with Crippen LogP contribution in [0.2, 0.25) is 0 Å². The molecule has 1 unspecified atom stereocenters. The van der Waals surface area contributed by atoms with E-state index >= 15 is 0 Å². The molecule has 0 fully saturated rings. The maximum Gasteiger partial charge on any atom is 0.0673 e. The maximum absolute atomic E-state index is 4.50. The highest BCUT2D eigenvalue weighted by Crippen LogP contribution is 2.24. The van der Waals surface area contributed by atoms with E-state index in [1.165, 1.54) is 16.7 Å². The molecule has 0 bridgehead atoms. The summed E-state index contributed by atoms with van der Waals surface area (Å²) in [5.74, 6) is 0. The number of rotatable bonds is 4. The lowest BCUT2D eigenvalue weighted by Gasteiger charge is -2.16. The van der Waals surface area contributed by atoms with Crippen LogP contribution in [0, 0.1) is 6.92 Å². The first kappa shape index (κ1) is 12.8. The zero-order valence-corrected chi connectivity index (χ0v) is 11.4. The molecule has 1 atom stereocenters.